The number of nitrogens with one attached hydrogen (secondary N) is 1. The molecule has 0 saturated heterocycles. The van der Waals surface area contributed by atoms with Crippen molar-refractivity contribution in [3.8, 4) is 5.69 Å². The van der Waals surface area contributed by atoms with E-state index in [2.05, 4.69) is 22.2 Å². The second-order valence-electron chi connectivity index (χ2n) is 8.25. The van der Waals surface area contributed by atoms with Gasteiger partial charge in [0, 0.05) is 42.3 Å². The zero-order valence-corrected chi connectivity index (χ0v) is 18.1. The average Bonchev–Trinajstić information content (AvgIpc) is 3.35. The van der Waals surface area contributed by atoms with Crippen molar-refractivity contribution in [2.24, 2.45) is 0 Å². The number of anilines is 1. The van der Waals surface area contributed by atoms with Gasteiger partial charge in [0.25, 0.3) is 11.6 Å². The standard InChI is InChI=1S/C24H27N5O3/c1-27(20-8-3-2-4-9-20)16-19-7-5-6-10-21(19)26-24(30)18-11-12-22(23(15-18)29(31)32)28-14-13-25-17-28/h5-7,10-15,17,20H,2-4,8-9,16H2,1H3,(H,26,30). The Morgan fingerprint density at radius 2 is 2.00 bits per heavy atom. The van der Waals surface area contributed by atoms with Gasteiger partial charge in [0.1, 0.15) is 5.69 Å². The van der Waals surface area contributed by atoms with Crippen LogP contribution in [0.15, 0.2) is 61.2 Å². The Bertz CT molecular complexity index is 1090. The first-order valence-corrected chi connectivity index (χ1v) is 10.9. The highest BCUT2D eigenvalue weighted by Gasteiger charge is 2.21. The van der Waals surface area contributed by atoms with Gasteiger partial charge >= 0.3 is 0 Å². The molecule has 1 aliphatic carbocycles. The van der Waals surface area contributed by atoms with Gasteiger partial charge in [-0.1, -0.05) is 37.5 Å². The van der Waals surface area contributed by atoms with E-state index < -0.39 is 4.92 Å². The molecule has 0 radical (unpaired) electrons. The van der Waals surface area contributed by atoms with Crippen molar-refractivity contribution in [1.82, 2.24) is 14.5 Å². The first-order valence-electron chi connectivity index (χ1n) is 10.9. The number of hydrogen-bond donors (Lipinski definition) is 1. The Labute approximate surface area is 187 Å². The fraction of sp³-hybridized carbons (Fsp3) is 0.333. The molecule has 1 aromatic heterocycles. The maximum atomic E-state index is 13.0. The lowest BCUT2D eigenvalue weighted by Crippen LogP contribution is -2.33. The number of carbonyl (C=O) groups is 1. The third-order valence-electron chi connectivity index (χ3n) is 6.10. The number of carbonyl (C=O) groups excluding carboxylic acids is 1. The van der Waals surface area contributed by atoms with Gasteiger partial charge in [-0.2, -0.15) is 0 Å². The molecule has 0 unspecified atom stereocenters. The van der Waals surface area contributed by atoms with E-state index in [1.165, 1.54) is 44.5 Å². The Hall–Kier alpha value is -3.52. The van der Waals surface area contributed by atoms with Crippen LogP contribution in [0.25, 0.3) is 5.69 Å². The molecule has 8 heteroatoms. The summed E-state index contributed by atoms with van der Waals surface area (Å²) in [5, 5.41) is 14.6. The number of nitro benzene ring substituents is 1. The lowest BCUT2D eigenvalue weighted by molar-refractivity contribution is -0.384. The number of hydrogen-bond acceptors (Lipinski definition) is 5. The summed E-state index contributed by atoms with van der Waals surface area (Å²) in [4.78, 5) is 30.4. The smallest absolute Gasteiger partial charge is 0.294 e. The minimum Gasteiger partial charge on any atom is -0.322 e. The molecule has 1 fully saturated rings. The van der Waals surface area contributed by atoms with E-state index >= 15 is 0 Å². The van der Waals surface area contributed by atoms with Crippen LogP contribution in [0.3, 0.4) is 0 Å². The number of amides is 1. The van der Waals surface area contributed by atoms with Gasteiger partial charge in [-0.25, -0.2) is 4.98 Å². The summed E-state index contributed by atoms with van der Waals surface area (Å²) in [6.07, 6.45) is 10.9. The maximum absolute atomic E-state index is 13.0. The lowest BCUT2D eigenvalue weighted by atomic mass is 9.94. The van der Waals surface area contributed by atoms with Crippen LogP contribution >= 0.6 is 0 Å². The second-order valence-corrected chi connectivity index (χ2v) is 8.25. The molecular formula is C24H27N5O3. The zero-order chi connectivity index (χ0) is 22.5. The fourth-order valence-electron chi connectivity index (χ4n) is 4.33. The van der Waals surface area contributed by atoms with E-state index in [1.54, 1.807) is 29.1 Å². The van der Waals surface area contributed by atoms with Gasteiger partial charge in [-0.3, -0.25) is 19.8 Å². The van der Waals surface area contributed by atoms with Crippen molar-refractivity contribution in [2.45, 2.75) is 44.7 Å². The second kappa shape index (κ2) is 9.74. The molecule has 8 nitrogen and oxygen atoms in total. The van der Waals surface area contributed by atoms with Gasteiger partial charge in [-0.05, 0) is 43.7 Å². The molecule has 0 bridgehead atoms. The Kier molecular flexibility index (Phi) is 6.61. The van der Waals surface area contributed by atoms with Gasteiger partial charge in [0.2, 0.25) is 0 Å². The van der Waals surface area contributed by atoms with E-state index in [1.807, 2.05) is 24.3 Å². The van der Waals surface area contributed by atoms with E-state index in [-0.39, 0.29) is 17.2 Å². The van der Waals surface area contributed by atoms with Gasteiger partial charge in [0.05, 0.1) is 11.3 Å². The van der Waals surface area contributed by atoms with Gasteiger partial charge < -0.3 is 9.88 Å². The molecule has 4 rings (SSSR count). The van der Waals surface area contributed by atoms with Crippen LogP contribution in [-0.2, 0) is 6.54 Å². The average molecular weight is 434 g/mol. The molecule has 32 heavy (non-hydrogen) atoms. The van der Waals surface area contributed by atoms with E-state index in [4.69, 9.17) is 0 Å². The van der Waals surface area contributed by atoms with Crippen molar-refractivity contribution in [2.75, 3.05) is 12.4 Å². The highest BCUT2D eigenvalue weighted by molar-refractivity contribution is 6.05. The maximum Gasteiger partial charge on any atom is 0.294 e. The third kappa shape index (κ3) is 4.86. The van der Waals surface area contributed by atoms with Crippen LogP contribution < -0.4 is 5.32 Å². The summed E-state index contributed by atoms with van der Waals surface area (Å²) in [6, 6.07) is 12.8. The molecule has 1 aliphatic rings. The molecule has 1 N–H and O–H groups in total. The minimum absolute atomic E-state index is 0.152. The predicted molar refractivity (Wildman–Crippen MR) is 123 cm³/mol. The number of imidazole rings is 1. The first-order chi connectivity index (χ1) is 15.5. The quantitative estimate of drug-likeness (QED) is 0.427. The number of aromatic nitrogens is 2. The van der Waals surface area contributed by atoms with Crippen molar-refractivity contribution in [3.05, 3.63) is 82.4 Å². The SMILES string of the molecule is CN(Cc1ccccc1NC(=O)c1ccc(-n2ccnc2)c([N+](=O)[O-])c1)C1CCCCC1. The Balaban J connectivity index is 1.53. The van der Waals surface area contributed by atoms with Crippen LogP contribution in [0.1, 0.15) is 48.0 Å². The first kappa shape index (κ1) is 21.7. The number of rotatable bonds is 7. The van der Waals surface area contributed by atoms with Crippen molar-refractivity contribution >= 4 is 17.3 Å². The zero-order valence-electron chi connectivity index (χ0n) is 18.1. The fourth-order valence-corrected chi connectivity index (χ4v) is 4.33. The van der Waals surface area contributed by atoms with Crippen LogP contribution in [-0.4, -0.2) is 38.4 Å². The Morgan fingerprint density at radius 1 is 1.22 bits per heavy atom. The van der Waals surface area contributed by atoms with Crippen LogP contribution in [0.4, 0.5) is 11.4 Å². The monoisotopic (exact) mass is 433 g/mol. The molecule has 2 aromatic carbocycles. The van der Waals surface area contributed by atoms with E-state index in [9.17, 15) is 14.9 Å². The molecule has 1 heterocycles. The molecule has 0 spiro atoms. The predicted octanol–water partition coefficient (Wildman–Crippen LogP) is 4.80. The highest BCUT2D eigenvalue weighted by Crippen LogP contribution is 2.27. The van der Waals surface area contributed by atoms with E-state index in [0.717, 1.165) is 17.8 Å². The normalized spacial score (nSPS) is 14.4. The highest BCUT2D eigenvalue weighted by atomic mass is 16.6. The number of para-hydroxylation sites is 1. The summed E-state index contributed by atoms with van der Waals surface area (Å²) in [7, 11) is 2.13. The molecule has 1 amide bonds. The van der Waals surface area contributed by atoms with Gasteiger partial charge in [-0.15, -0.1) is 0 Å². The lowest BCUT2D eigenvalue weighted by Gasteiger charge is -2.31. The largest absolute Gasteiger partial charge is 0.322 e. The van der Waals surface area contributed by atoms with Gasteiger partial charge in [0.15, 0.2) is 0 Å². The van der Waals surface area contributed by atoms with Crippen molar-refractivity contribution in [1.29, 1.82) is 0 Å². The molecule has 0 aliphatic heterocycles. The topological polar surface area (TPSA) is 93.3 Å². The summed E-state index contributed by atoms with van der Waals surface area (Å²) in [5.74, 6) is -0.377. The molecule has 1 saturated carbocycles. The minimum atomic E-state index is -0.487. The Morgan fingerprint density at radius 3 is 2.72 bits per heavy atom. The summed E-state index contributed by atoms with van der Waals surface area (Å²) in [6.45, 7) is 0.737. The number of nitro groups is 1. The van der Waals surface area contributed by atoms with E-state index in [0.29, 0.717) is 11.7 Å². The van der Waals surface area contributed by atoms with Crippen LogP contribution in [0, 0.1) is 10.1 Å². The van der Waals surface area contributed by atoms with Crippen molar-refractivity contribution in [3.63, 3.8) is 0 Å². The van der Waals surface area contributed by atoms with Crippen molar-refractivity contribution < 1.29 is 9.72 Å². The molecule has 166 valence electrons. The van der Waals surface area contributed by atoms with Crippen LogP contribution in [0.5, 0.6) is 0 Å². The third-order valence-corrected chi connectivity index (χ3v) is 6.10. The molecule has 0 atom stereocenters. The number of nitrogens with zero attached hydrogens (tertiary/aromatic N) is 4. The number of benzene rings is 2. The molecular weight excluding hydrogens is 406 g/mol. The summed E-state index contributed by atoms with van der Waals surface area (Å²) < 4.78 is 1.55. The summed E-state index contributed by atoms with van der Waals surface area (Å²) >= 11 is 0. The summed E-state index contributed by atoms with van der Waals surface area (Å²) in [5.41, 5.74) is 2.19. The molecule has 3 aromatic rings. The van der Waals surface area contributed by atoms with Crippen LogP contribution in [0.2, 0.25) is 0 Å².